The number of piperazine rings is 1. The van der Waals surface area contributed by atoms with Crippen molar-refractivity contribution in [2.45, 2.75) is 0 Å². The summed E-state index contributed by atoms with van der Waals surface area (Å²) in [6.07, 6.45) is 1.59. The normalized spacial score (nSPS) is 14.1. The lowest BCUT2D eigenvalue weighted by Crippen LogP contribution is -2.49. The predicted molar refractivity (Wildman–Crippen MR) is 127 cm³/mol. The smallest absolute Gasteiger partial charge is 0.253 e. The first-order valence-corrected chi connectivity index (χ1v) is 11.3. The number of hydrogen-bond acceptors (Lipinski definition) is 7. The van der Waals surface area contributed by atoms with E-state index in [4.69, 9.17) is 16.3 Å². The summed E-state index contributed by atoms with van der Waals surface area (Å²) in [5, 5.41) is 0.623. The van der Waals surface area contributed by atoms with Crippen molar-refractivity contribution in [2.75, 3.05) is 38.2 Å². The van der Waals surface area contributed by atoms with E-state index >= 15 is 0 Å². The fraction of sp³-hybridized carbons (Fsp3) is 0.217. The molecule has 0 radical (unpaired) electrons. The zero-order chi connectivity index (χ0) is 22.1. The van der Waals surface area contributed by atoms with Crippen LogP contribution in [0.2, 0.25) is 5.02 Å². The number of carbonyl (C=O) groups is 1. The number of halogens is 1. The van der Waals surface area contributed by atoms with Crippen molar-refractivity contribution < 1.29 is 9.53 Å². The summed E-state index contributed by atoms with van der Waals surface area (Å²) in [6.45, 7) is 2.64. The van der Waals surface area contributed by atoms with Crippen molar-refractivity contribution in [1.29, 1.82) is 0 Å². The van der Waals surface area contributed by atoms with Gasteiger partial charge in [-0.15, -0.1) is 0 Å². The molecule has 0 aliphatic carbocycles. The van der Waals surface area contributed by atoms with E-state index < -0.39 is 0 Å². The van der Waals surface area contributed by atoms with Gasteiger partial charge in [-0.05, 0) is 60.1 Å². The van der Waals surface area contributed by atoms with E-state index in [1.807, 2.05) is 29.2 Å². The van der Waals surface area contributed by atoms with E-state index in [9.17, 15) is 4.79 Å². The lowest BCUT2D eigenvalue weighted by atomic mass is 10.1. The number of ether oxygens (including phenoxy) is 1. The van der Waals surface area contributed by atoms with E-state index in [1.54, 1.807) is 37.7 Å². The van der Waals surface area contributed by atoms with Crippen molar-refractivity contribution in [3.05, 3.63) is 65.4 Å². The summed E-state index contributed by atoms with van der Waals surface area (Å²) in [5.74, 6) is 1.69. The molecule has 2 aromatic carbocycles. The van der Waals surface area contributed by atoms with Crippen molar-refractivity contribution in [1.82, 2.24) is 19.2 Å². The second kappa shape index (κ2) is 8.72. The lowest BCUT2D eigenvalue weighted by molar-refractivity contribution is 0.0746. The summed E-state index contributed by atoms with van der Waals surface area (Å²) in [7, 11) is 1.65. The molecule has 3 heterocycles. The molecular weight excluding hydrogens is 446 g/mol. The second-order valence-corrected chi connectivity index (χ2v) is 8.63. The molecule has 1 aliphatic heterocycles. The maximum atomic E-state index is 12.8. The Balaban J connectivity index is 1.35. The first kappa shape index (κ1) is 20.7. The van der Waals surface area contributed by atoms with E-state index in [2.05, 4.69) is 19.2 Å². The van der Waals surface area contributed by atoms with Crippen LogP contribution in [-0.4, -0.2) is 58.4 Å². The molecule has 5 rings (SSSR count). The predicted octanol–water partition coefficient (Wildman–Crippen LogP) is 4.38. The highest BCUT2D eigenvalue weighted by molar-refractivity contribution is 7.14. The molecule has 1 amide bonds. The molecule has 4 aromatic rings. The van der Waals surface area contributed by atoms with Gasteiger partial charge in [0, 0.05) is 42.3 Å². The summed E-state index contributed by atoms with van der Waals surface area (Å²) >= 11 is 7.34. The summed E-state index contributed by atoms with van der Waals surface area (Å²) < 4.78 is 10.9. The first-order valence-electron chi connectivity index (χ1n) is 10.2. The van der Waals surface area contributed by atoms with Crippen LogP contribution in [0.25, 0.3) is 21.5 Å². The highest BCUT2D eigenvalue weighted by Crippen LogP contribution is 2.35. The third-order valence-electron chi connectivity index (χ3n) is 5.56. The van der Waals surface area contributed by atoms with Gasteiger partial charge in [0.15, 0.2) is 5.82 Å². The number of methoxy groups -OCH3 is 1. The molecule has 1 fully saturated rings. The van der Waals surface area contributed by atoms with Gasteiger partial charge < -0.3 is 14.5 Å². The van der Waals surface area contributed by atoms with Crippen LogP contribution in [0, 0.1) is 0 Å². The van der Waals surface area contributed by atoms with Gasteiger partial charge in [-0.25, -0.2) is 9.97 Å². The third-order valence-corrected chi connectivity index (χ3v) is 6.64. The SMILES string of the molecule is COc1ccc(-c2nsc3c(N4CCN(C(=O)c5ccc(Cl)cc5)CC4)ncnc23)cc1. The zero-order valence-electron chi connectivity index (χ0n) is 17.4. The number of carbonyl (C=O) groups excluding carboxylic acids is 1. The molecule has 0 saturated carbocycles. The van der Waals surface area contributed by atoms with Crippen LogP contribution in [-0.2, 0) is 0 Å². The fourth-order valence-electron chi connectivity index (χ4n) is 3.81. The van der Waals surface area contributed by atoms with Crippen LogP contribution >= 0.6 is 23.1 Å². The van der Waals surface area contributed by atoms with E-state index in [1.165, 1.54) is 11.5 Å². The Labute approximate surface area is 194 Å². The van der Waals surface area contributed by atoms with Crippen molar-refractivity contribution in [3.63, 3.8) is 0 Å². The van der Waals surface area contributed by atoms with Crippen molar-refractivity contribution >= 4 is 45.1 Å². The number of nitrogens with zero attached hydrogens (tertiary/aromatic N) is 5. The van der Waals surface area contributed by atoms with Crippen LogP contribution in [0.3, 0.4) is 0 Å². The largest absolute Gasteiger partial charge is 0.497 e. The molecule has 162 valence electrons. The van der Waals surface area contributed by atoms with Crippen molar-refractivity contribution in [3.8, 4) is 17.0 Å². The maximum absolute atomic E-state index is 12.8. The van der Waals surface area contributed by atoms with Gasteiger partial charge in [0.25, 0.3) is 5.91 Å². The molecule has 2 aromatic heterocycles. The quantitative estimate of drug-likeness (QED) is 0.445. The van der Waals surface area contributed by atoms with Gasteiger partial charge in [-0.3, -0.25) is 4.79 Å². The second-order valence-electron chi connectivity index (χ2n) is 7.42. The Morgan fingerprint density at radius 3 is 2.41 bits per heavy atom. The Hall–Kier alpha value is -3.23. The molecule has 0 bridgehead atoms. The Kier molecular flexibility index (Phi) is 5.63. The Bertz CT molecular complexity index is 1250. The summed E-state index contributed by atoms with van der Waals surface area (Å²) in [6, 6.07) is 14.8. The number of hydrogen-bond donors (Lipinski definition) is 0. The highest BCUT2D eigenvalue weighted by atomic mass is 35.5. The number of anilines is 1. The lowest BCUT2D eigenvalue weighted by Gasteiger charge is -2.35. The van der Waals surface area contributed by atoms with Crippen LogP contribution in [0.4, 0.5) is 5.82 Å². The van der Waals surface area contributed by atoms with Crippen LogP contribution in [0.1, 0.15) is 10.4 Å². The van der Waals surface area contributed by atoms with Gasteiger partial charge in [-0.1, -0.05) is 11.6 Å². The van der Waals surface area contributed by atoms with Gasteiger partial charge in [-0.2, -0.15) is 4.37 Å². The average molecular weight is 466 g/mol. The minimum absolute atomic E-state index is 0.0220. The maximum Gasteiger partial charge on any atom is 0.253 e. The molecule has 0 spiro atoms. The molecule has 7 nitrogen and oxygen atoms in total. The monoisotopic (exact) mass is 465 g/mol. The zero-order valence-corrected chi connectivity index (χ0v) is 18.9. The first-order chi connectivity index (χ1) is 15.6. The highest BCUT2D eigenvalue weighted by Gasteiger charge is 2.25. The molecule has 0 N–H and O–H groups in total. The van der Waals surface area contributed by atoms with Gasteiger partial charge in [0.1, 0.15) is 28.0 Å². The minimum atomic E-state index is 0.0220. The molecular formula is C23H20ClN5O2S. The summed E-state index contributed by atoms with van der Waals surface area (Å²) in [5.41, 5.74) is 3.32. The van der Waals surface area contributed by atoms with Crippen LogP contribution in [0.15, 0.2) is 54.9 Å². The van der Waals surface area contributed by atoms with Gasteiger partial charge in [0.05, 0.1) is 7.11 Å². The average Bonchev–Trinajstić information content (AvgIpc) is 3.29. The van der Waals surface area contributed by atoms with E-state index in [0.717, 1.165) is 33.0 Å². The number of amides is 1. The van der Waals surface area contributed by atoms with Crippen LogP contribution in [0.5, 0.6) is 5.75 Å². The number of rotatable bonds is 4. The van der Waals surface area contributed by atoms with E-state index in [-0.39, 0.29) is 5.91 Å². The third kappa shape index (κ3) is 3.87. The van der Waals surface area contributed by atoms with E-state index in [0.29, 0.717) is 36.8 Å². The Morgan fingerprint density at radius 2 is 1.72 bits per heavy atom. The molecule has 0 atom stereocenters. The minimum Gasteiger partial charge on any atom is -0.497 e. The Morgan fingerprint density at radius 1 is 1.00 bits per heavy atom. The van der Waals surface area contributed by atoms with Gasteiger partial charge in [0.2, 0.25) is 0 Å². The summed E-state index contributed by atoms with van der Waals surface area (Å²) in [4.78, 5) is 25.9. The molecule has 1 aliphatic rings. The molecule has 9 heteroatoms. The number of fused-ring (bicyclic) bond motifs is 1. The van der Waals surface area contributed by atoms with Crippen LogP contribution < -0.4 is 9.64 Å². The molecule has 32 heavy (non-hydrogen) atoms. The topological polar surface area (TPSA) is 71.5 Å². The van der Waals surface area contributed by atoms with Gasteiger partial charge >= 0.3 is 0 Å². The molecule has 0 unspecified atom stereocenters. The standard InChI is InChI=1S/C23H20ClN5O2S/c1-31-18-8-4-15(5-9-18)19-20-21(32-27-19)22(26-14-25-20)28-10-12-29(13-11-28)23(30)16-2-6-17(24)7-3-16/h2-9,14H,10-13H2,1H3. The van der Waals surface area contributed by atoms with Crippen molar-refractivity contribution in [2.24, 2.45) is 0 Å². The number of benzene rings is 2. The number of aromatic nitrogens is 3. The molecule has 1 saturated heterocycles. The fourth-order valence-corrected chi connectivity index (χ4v) is 4.81.